The first-order valence-corrected chi connectivity index (χ1v) is 9.30. The topological polar surface area (TPSA) is 12.5 Å². The van der Waals surface area contributed by atoms with Gasteiger partial charge in [0.15, 0.2) is 0 Å². The summed E-state index contributed by atoms with van der Waals surface area (Å²) in [5.74, 6) is 0.623. The van der Waals surface area contributed by atoms with Crippen molar-refractivity contribution in [2.24, 2.45) is 0 Å². The van der Waals surface area contributed by atoms with Crippen molar-refractivity contribution in [2.75, 3.05) is 32.1 Å². The molecule has 1 saturated heterocycles. The zero-order valence-corrected chi connectivity index (χ0v) is 14.2. The molecule has 1 heterocycles. The molecular formula is C17H34ClNO. The lowest BCUT2D eigenvalue weighted by atomic mass is 10.1. The first-order chi connectivity index (χ1) is 9.86. The number of alkyl halides is 1. The van der Waals surface area contributed by atoms with Gasteiger partial charge in [-0.2, -0.15) is 0 Å². The van der Waals surface area contributed by atoms with Crippen LogP contribution in [0.1, 0.15) is 71.1 Å². The predicted octanol–water partition coefficient (Wildman–Crippen LogP) is 4.85. The third-order valence-corrected chi connectivity index (χ3v) is 4.45. The van der Waals surface area contributed by atoms with Gasteiger partial charge >= 0.3 is 0 Å². The molecule has 0 N–H and O–H groups in total. The Morgan fingerprint density at radius 2 is 1.55 bits per heavy atom. The summed E-state index contributed by atoms with van der Waals surface area (Å²) >= 11 is 5.65. The van der Waals surface area contributed by atoms with Crippen molar-refractivity contribution in [1.29, 1.82) is 0 Å². The van der Waals surface area contributed by atoms with Gasteiger partial charge in [0, 0.05) is 19.0 Å². The number of piperidine rings is 1. The second kappa shape index (κ2) is 12.9. The number of likely N-dealkylation sites (tertiary alicyclic amines) is 1. The van der Waals surface area contributed by atoms with Crippen LogP contribution in [0.25, 0.3) is 0 Å². The van der Waals surface area contributed by atoms with Gasteiger partial charge in [-0.3, -0.25) is 0 Å². The van der Waals surface area contributed by atoms with Crippen LogP contribution in [0, 0.1) is 0 Å². The van der Waals surface area contributed by atoms with Gasteiger partial charge in [-0.15, -0.1) is 11.6 Å². The van der Waals surface area contributed by atoms with Crippen LogP contribution in [0.4, 0.5) is 0 Å². The van der Waals surface area contributed by atoms with Crippen molar-refractivity contribution in [2.45, 2.75) is 77.2 Å². The molecule has 0 bridgehead atoms. The Hall–Kier alpha value is 0.210. The molecule has 1 aliphatic rings. The Morgan fingerprint density at radius 1 is 0.950 bits per heavy atom. The van der Waals surface area contributed by atoms with E-state index >= 15 is 0 Å². The average molecular weight is 304 g/mol. The quantitative estimate of drug-likeness (QED) is 0.377. The number of rotatable bonds is 12. The molecule has 0 aromatic rings. The summed E-state index contributed by atoms with van der Waals surface area (Å²) in [7, 11) is 0. The number of ether oxygens (including phenoxy) is 1. The smallest absolute Gasteiger partial charge is 0.0605 e. The van der Waals surface area contributed by atoms with E-state index < -0.39 is 0 Å². The highest BCUT2D eigenvalue weighted by Crippen LogP contribution is 2.15. The minimum Gasteiger partial charge on any atom is -0.377 e. The Balaban J connectivity index is 1.86. The highest BCUT2D eigenvalue weighted by molar-refractivity contribution is 6.17. The molecular weight excluding hydrogens is 270 g/mol. The van der Waals surface area contributed by atoms with Gasteiger partial charge in [-0.1, -0.05) is 51.9 Å². The summed E-state index contributed by atoms with van der Waals surface area (Å²) in [5.41, 5.74) is 0. The third-order valence-electron chi connectivity index (χ3n) is 4.29. The molecule has 0 aromatic carbocycles. The van der Waals surface area contributed by atoms with Crippen LogP contribution >= 0.6 is 11.6 Å². The van der Waals surface area contributed by atoms with E-state index in [1.807, 2.05) is 0 Å². The van der Waals surface area contributed by atoms with Crippen LogP contribution in [0.15, 0.2) is 0 Å². The maximum Gasteiger partial charge on any atom is 0.0605 e. The van der Waals surface area contributed by atoms with Crippen molar-refractivity contribution >= 4 is 11.6 Å². The predicted molar refractivity (Wildman–Crippen MR) is 88.7 cm³/mol. The van der Waals surface area contributed by atoms with Crippen LogP contribution < -0.4 is 0 Å². The zero-order chi connectivity index (χ0) is 14.5. The van der Waals surface area contributed by atoms with E-state index in [0.717, 1.165) is 0 Å². The summed E-state index contributed by atoms with van der Waals surface area (Å²) in [6, 6.07) is 0. The lowest BCUT2D eigenvalue weighted by Crippen LogP contribution is -2.37. The lowest BCUT2D eigenvalue weighted by Gasteiger charge is -2.31. The van der Waals surface area contributed by atoms with E-state index in [4.69, 9.17) is 16.3 Å². The van der Waals surface area contributed by atoms with E-state index in [9.17, 15) is 0 Å². The van der Waals surface area contributed by atoms with Gasteiger partial charge in [-0.25, -0.2) is 0 Å². The fourth-order valence-electron chi connectivity index (χ4n) is 2.98. The molecule has 0 spiro atoms. The van der Waals surface area contributed by atoms with Crippen molar-refractivity contribution in [3.63, 3.8) is 0 Å². The number of hydrogen-bond donors (Lipinski definition) is 0. The van der Waals surface area contributed by atoms with Gasteiger partial charge in [-0.05, 0) is 25.8 Å². The molecule has 20 heavy (non-hydrogen) atoms. The van der Waals surface area contributed by atoms with Crippen molar-refractivity contribution in [1.82, 2.24) is 4.90 Å². The van der Waals surface area contributed by atoms with Gasteiger partial charge in [0.25, 0.3) is 0 Å². The largest absolute Gasteiger partial charge is 0.377 e. The second-order valence-electron chi connectivity index (χ2n) is 6.08. The molecule has 1 aliphatic heterocycles. The molecule has 1 fully saturated rings. The molecule has 120 valence electrons. The Labute approximate surface area is 131 Å². The number of nitrogens with zero attached hydrogens (tertiary/aromatic N) is 1. The molecule has 0 amide bonds. The summed E-state index contributed by atoms with van der Waals surface area (Å²) < 4.78 is 5.71. The highest BCUT2D eigenvalue weighted by atomic mass is 35.5. The van der Waals surface area contributed by atoms with Crippen LogP contribution in [-0.4, -0.2) is 43.1 Å². The van der Waals surface area contributed by atoms with Gasteiger partial charge in [0.1, 0.15) is 0 Å². The normalized spacial score (nSPS) is 17.7. The SMILES string of the molecule is CCCCCCCCCCN1CCC(OCCCl)CC1. The Kier molecular flexibility index (Phi) is 11.8. The zero-order valence-electron chi connectivity index (χ0n) is 13.4. The number of hydrogen-bond acceptors (Lipinski definition) is 2. The first-order valence-electron chi connectivity index (χ1n) is 8.76. The molecule has 3 heteroatoms. The third kappa shape index (κ3) is 9.20. The second-order valence-corrected chi connectivity index (χ2v) is 6.45. The van der Waals surface area contributed by atoms with Crippen LogP contribution in [-0.2, 0) is 4.74 Å². The molecule has 0 atom stereocenters. The van der Waals surface area contributed by atoms with Gasteiger partial charge in [0.2, 0.25) is 0 Å². The van der Waals surface area contributed by atoms with E-state index in [2.05, 4.69) is 11.8 Å². The first kappa shape index (κ1) is 18.3. The Bertz CT molecular complexity index is 205. The fourth-order valence-corrected chi connectivity index (χ4v) is 3.07. The van der Waals surface area contributed by atoms with Crippen LogP contribution in [0.5, 0.6) is 0 Å². The minimum absolute atomic E-state index is 0.462. The molecule has 0 radical (unpaired) electrons. The molecule has 0 aromatic heterocycles. The summed E-state index contributed by atoms with van der Waals surface area (Å²) in [4.78, 5) is 2.61. The van der Waals surface area contributed by atoms with E-state index in [1.165, 1.54) is 83.8 Å². The maximum absolute atomic E-state index is 5.71. The minimum atomic E-state index is 0.462. The summed E-state index contributed by atoms with van der Waals surface area (Å²) in [6.45, 7) is 6.71. The average Bonchev–Trinajstić information content (AvgIpc) is 2.49. The molecule has 1 rings (SSSR count). The molecule has 0 unspecified atom stereocenters. The lowest BCUT2D eigenvalue weighted by molar-refractivity contribution is 0.0149. The maximum atomic E-state index is 5.71. The number of halogens is 1. The van der Waals surface area contributed by atoms with Crippen LogP contribution in [0.3, 0.4) is 0 Å². The Morgan fingerprint density at radius 3 is 2.15 bits per heavy atom. The van der Waals surface area contributed by atoms with E-state index in [0.29, 0.717) is 18.6 Å². The van der Waals surface area contributed by atoms with E-state index in [1.54, 1.807) is 0 Å². The number of unbranched alkanes of at least 4 members (excludes halogenated alkanes) is 7. The monoisotopic (exact) mass is 303 g/mol. The molecule has 0 saturated carbocycles. The fraction of sp³-hybridized carbons (Fsp3) is 1.00. The molecule has 0 aliphatic carbocycles. The van der Waals surface area contributed by atoms with Crippen molar-refractivity contribution in [3.8, 4) is 0 Å². The summed E-state index contributed by atoms with van der Waals surface area (Å²) in [5, 5.41) is 0. The summed E-state index contributed by atoms with van der Waals surface area (Å²) in [6.07, 6.45) is 14.1. The van der Waals surface area contributed by atoms with E-state index in [-0.39, 0.29) is 0 Å². The molecule has 2 nitrogen and oxygen atoms in total. The van der Waals surface area contributed by atoms with Crippen molar-refractivity contribution in [3.05, 3.63) is 0 Å². The van der Waals surface area contributed by atoms with Gasteiger partial charge < -0.3 is 9.64 Å². The van der Waals surface area contributed by atoms with Crippen molar-refractivity contribution < 1.29 is 4.74 Å². The van der Waals surface area contributed by atoms with Crippen LogP contribution in [0.2, 0.25) is 0 Å². The standard InChI is InChI=1S/C17H34ClNO/c1-2-3-4-5-6-7-8-9-13-19-14-10-17(11-15-19)20-16-12-18/h17H,2-16H2,1H3. The van der Waals surface area contributed by atoms with Gasteiger partial charge in [0.05, 0.1) is 12.7 Å². The highest BCUT2D eigenvalue weighted by Gasteiger charge is 2.18.